The van der Waals surface area contributed by atoms with E-state index >= 15 is 0 Å². The van der Waals surface area contributed by atoms with Gasteiger partial charge in [-0.3, -0.25) is 24.3 Å². The van der Waals surface area contributed by atoms with Gasteiger partial charge in [-0.15, -0.1) is 0 Å². The SMILES string of the molecule is CCCCN1C(=O)C(C(C=C2Sc3ccc4ccccc4c3N2CC)C=C2Sc3ccc4ccccc4c3[NH+]2C)C(=O)N(CCOC)C1=O. The highest BCUT2D eigenvalue weighted by atomic mass is 32.2. The van der Waals surface area contributed by atoms with E-state index in [1.807, 2.05) is 19.1 Å². The lowest BCUT2D eigenvalue weighted by Gasteiger charge is -2.38. The standard InChI is InChI=1S/C39H40N4O4S2/c1-5-7-20-42-37(44)34(38(45)43(39(42)46)21-22-47-4)27(23-32-40(3)35-28-14-10-8-12-25(28)16-18-30(35)48-32)24-33-41(6-2)36-29-15-11-9-13-26(29)17-19-31(36)49-33/h8-19,23-24,27,34H,5-7,20-22H2,1-4H3/p+1. The van der Waals surface area contributed by atoms with E-state index in [1.54, 1.807) is 30.6 Å². The number of thioether (sulfide) groups is 2. The number of ether oxygens (including phenoxy) is 1. The van der Waals surface area contributed by atoms with E-state index in [-0.39, 0.29) is 19.7 Å². The lowest BCUT2D eigenvalue weighted by Crippen LogP contribution is -3.00. The van der Waals surface area contributed by atoms with Crippen LogP contribution in [0.15, 0.2) is 105 Å². The number of anilines is 1. The van der Waals surface area contributed by atoms with Crippen molar-refractivity contribution < 1.29 is 24.0 Å². The molecule has 10 heteroatoms. The van der Waals surface area contributed by atoms with Gasteiger partial charge in [0.1, 0.15) is 5.92 Å². The van der Waals surface area contributed by atoms with Gasteiger partial charge in [0.15, 0.2) is 10.7 Å². The van der Waals surface area contributed by atoms with Crippen LogP contribution in [0.5, 0.6) is 0 Å². The number of barbiturate groups is 1. The largest absolute Gasteiger partial charge is 0.383 e. The van der Waals surface area contributed by atoms with E-state index in [4.69, 9.17) is 4.74 Å². The molecule has 3 aliphatic rings. The molecule has 0 spiro atoms. The molecule has 3 heterocycles. The molecule has 1 saturated heterocycles. The van der Waals surface area contributed by atoms with Crippen LogP contribution in [0.2, 0.25) is 0 Å². The lowest BCUT2D eigenvalue weighted by atomic mass is 9.87. The second-order valence-electron chi connectivity index (χ2n) is 12.6. The van der Waals surface area contributed by atoms with E-state index < -0.39 is 29.7 Å². The number of hydrogen-bond acceptors (Lipinski definition) is 7. The first kappa shape index (κ1) is 33.4. The van der Waals surface area contributed by atoms with Gasteiger partial charge in [0, 0.05) is 41.8 Å². The van der Waals surface area contributed by atoms with Crippen molar-refractivity contribution in [2.24, 2.45) is 11.8 Å². The Morgan fingerprint density at radius 1 is 0.796 bits per heavy atom. The Bertz CT molecular complexity index is 2000. The van der Waals surface area contributed by atoms with Crippen molar-refractivity contribution in [1.29, 1.82) is 0 Å². The summed E-state index contributed by atoms with van der Waals surface area (Å²) in [7, 11) is 3.67. The predicted molar refractivity (Wildman–Crippen MR) is 198 cm³/mol. The van der Waals surface area contributed by atoms with Gasteiger partial charge in [0.05, 0.1) is 35.8 Å². The maximum atomic E-state index is 14.4. The molecule has 1 N–H and O–H groups in total. The summed E-state index contributed by atoms with van der Waals surface area (Å²) >= 11 is 3.34. The molecule has 3 unspecified atom stereocenters. The van der Waals surface area contributed by atoms with Crippen LogP contribution < -0.4 is 9.80 Å². The fourth-order valence-electron chi connectivity index (χ4n) is 7.11. The Kier molecular flexibility index (Phi) is 9.57. The number of nitrogens with zero attached hydrogens (tertiary/aromatic N) is 3. The van der Waals surface area contributed by atoms with Crippen LogP contribution in [0.3, 0.4) is 0 Å². The summed E-state index contributed by atoms with van der Waals surface area (Å²) in [6.45, 7) is 5.42. The molecule has 7 rings (SSSR count). The van der Waals surface area contributed by atoms with E-state index in [0.29, 0.717) is 13.0 Å². The quantitative estimate of drug-likeness (QED) is 0.179. The average Bonchev–Trinajstić information content (AvgIpc) is 3.64. The van der Waals surface area contributed by atoms with Crippen LogP contribution in [-0.4, -0.2) is 68.0 Å². The number of allylic oxidation sites excluding steroid dienone is 2. The van der Waals surface area contributed by atoms with E-state index in [2.05, 4.69) is 91.7 Å². The fraction of sp³-hybridized carbons (Fsp3) is 0.308. The molecule has 0 bridgehead atoms. The fourth-order valence-corrected chi connectivity index (χ4v) is 9.56. The zero-order chi connectivity index (χ0) is 34.2. The number of amides is 4. The molecule has 1 fully saturated rings. The molecular formula is C39H41N4O4S2+. The number of imide groups is 2. The van der Waals surface area contributed by atoms with Crippen molar-refractivity contribution in [2.45, 2.75) is 36.5 Å². The number of benzene rings is 4. The summed E-state index contributed by atoms with van der Waals surface area (Å²) in [5.41, 5.74) is 2.33. The topological polar surface area (TPSA) is 74.6 Å². The second kappa shape index (κ2) is 14.0. The van der Waals surface area contributed by atoms with Gasteiger partial charge in [-0.05, 0) is 66.2 Å². The van der Waals surface area contributed by atoms with Crippen LogP contribution in [0, 0.1) is 11.8 Å². The third-order valence-corrected chi connectivity index (χ3v) is 12.0. The van der Waals surface area contributed by atoms with E-state index in [1.165, 1.54) is 26.3 Å². The number of methoxy groups -OCH3 is 1. The number of carbonyl (C=O) groups excluding carboxylic acids is 3. The summed E-state index contributed by atoms with van der Waals surface area (Å²) in [4.78, 5) is 50.6. The van der Waals surface area contributed by atoms with Crippen LogP contribution in [0.4, 0.5) is 16.2 Å². The number of carbonyl (C=O) groups is 3. The van der Waals surface area contributed by atoms with Crippen LogP contribution in [0.25, 0.3) is 21.5 Å². The van der Waals surface area contributed by atoms with Crippen molar-refractivity contribution >= 4 is 74.3 Å². The zero-order valence-corrected chi connectivity index (χ0v) is 29.9. The van der Waals surface area contributed by atoms with Crippen molar-refractivity contribution in [2.75, 3.05) is 45.3 Å². The highest BCUT2D eigenvalue weighted by Crippen LogP contribution is 2.50. The Balaban J connectivity index is 1.36. The van der Waals surface area contributed by atoms with Crippen molar-refractivity contribution in [1.82, 2.24) is 9.80 Å². The first-order valence-electron chi connectivity index (χ1n) is 17.0. The Morgan fingerprint density at radius 2 is 1.45 bits per heavy atom. The molecule has 252 valence electrons. The van der Waals surface area contributed by atoms with Gasteiger partial charge < -0.3 is 9.64 Å². The average molecular weight is 694 g/mol. The molecule has 4 aromatic carbocycles. The van der Waals surface area contributed by atoms with Gasteiger partial charge in [0.2, 0.25) is 11.8 Å². The number of unbranched alkanes of at least 4 members (excludes halogenated alkanes) is 1. The summed E-state index contributed by atoms with van der Waals surface area (Å²) in [6, 6.07) is 24.8. The molecule has 4 aromatic rings. The molecular weight excluding hydrogens is 653 g/mol. The van der Waals surface area contributed by atoms with Crippen LogP contribution in [0.1, 0.15) is 26.7 Å². The number of nitrogens with one attached hydrogen (secondary N) is 1. The number of rotatable bonds is 10. The number of urea groups is 1. The van der Waals surface area contributed by atoms with Crippen LogP contribution >= 0.6 is 23.5 Å². The molecule has 4 amide bonds. The monoisotopic (exact) mass is 693 g/mol. The van der Waals surface area contributed by atoms with Crippen molar-refractivity contribution in [3.63, 3.8) is 0 Å². The van der Waals surface area contributed by atoms with Gasteiger partial charge in [-0.2, -0.15) is 0 Å². The maximum absolute atomic E-state index is 14.4. The van der Waals surface area contributed by atoms with E-state index in [9.17, 15) is 14.4 Å². The highest BCUT2D eigenvalue weighted by molar-refractivity contribution is 8.03. The molecule has 3 aliphatic heterocycles. The summed E-state index contributed by atoms with van der Waals surface area (Å²) in [6.07, 6.45) is 5.67. The Hall–Kier alpha value is -4.09. The maximum Gasteiger partial charge on any atom is 0.333 e. The Morgan fingerprint density at radius 3 is 2.14 bits per heavy atom. The predicted octanol–water partition coefficient (Wildman–Crippen LogP) is 7.03. The third-order valence-electron chi connectivity index (χ3n) is 9.63. The molecule has 0 aliphatic carbocycles. The first-order chi connectivity index (χ1) is 23.9. The van der Waals surface area contributed by atoms with Gasteiger partial charge in [-0.1, -0.05) is 79.7 Å². The van der Waals surface area contributed by atoms with Gasteiger partial charge in [0.25, 0.3) is 0 Å². The minimum absolute atomic E-state index is 0.0883. The summed E-state index contributed by atoms with van der Waals surface area (Å²) < 4.78 is 5.29. The molecule has 0 aromatic heterocycles. The minimum atomic E-state index is -1.10. The molecule has 0 saturated carbocycles. The van der Waals surface area contributed by atoms with Gasteiger partial charge in [-0.25, -0.2) is 4.79 Å². The second-order valence-corrected chi connectivity index (χ2v) is 14.7. The highest BCUT2D eigenvalue weighted by Gasteiger charge is 2.49. The van der Waals surface area contributed by atoms with E-state index in [0.717, 1.165) is 47.6 Å². The van der Waals surface area contributed by atoms with Crippen molar-refractivity contribution in [3.8, 4) is 0 Å². The molecule has 0 radical (unpaired) electrons. The number of hydrogen-bond donors (Lipinski definition) is 1. The Labute approximate surface area is 295 Å². The van der Waals surface area contributed by atoms with Gasteiger partial charge >= 0.3 is 6.03 Å². The first-order valence-corrected chi connectivity index (χ1v) is 18.6. The lowest BCUT2D eigenvalue weighted by molar-refractivity contribution is -0.754. The minimum Gasteiger partial charge on any atom is -0.383 e. The van der Waals surface area contributed by atoms with Crippen LogP contribution in [-0.2, 0) is 14.3 Å². The normalized spacial score (nSPS) is 21.5. The summed E-state index contributed by atoms with van der Waals surface area (Å²) in [5.74, 6) is -2.62. The smallest absolute Gasteiger partial charge is 0.333 e. The third kappa shape index (κ3) is 5.94. The molecule has 3 atom stereocenters. The molecule has 49 heavy (non-hydrogen) atoms. The summed E-state index contributed by atoms with van der Waals surface area (Å²) in [5, 5.41) is 6.67. The zero-order valence-electron chi connectivity index (χ0n) is 28.3. The number of fused-ring (bicyclic) bond motifs is 6. The molecule has 8 nitrogen and oxygen atoms in total. The van der Waals surface area contributed by atoms with Crippen molar-refractivity contribution in [3.05, 3.63) is 95.0 Å². The number of quaternary nitrogens is 1.